The number of halogens is 1. The molecule has 0 radical (unpaired) electrons. The van der Waals surface area contributed by atoms with Crippen LogP contribution >= 0.6 is 15.9 Å². The number of carboxylic acids is 1. The van der Waals surface area contributed by atoms with Gasteiger partial charge in [-0.25, -0.2) is 9.59 Å². The van der Waals surface area contributed by atoms with Crippen LogP contribution in [0.2, 0.25) is 0 Å². The van der Waals surface area contributed by atoms with Gasteiger partial charge in [0.2, 0.25) is 0 Å². The fourth-order valence-electron chi connectivity index (χ4n) is 1.40. The minimum absolute atomic E-state index is 0.465. The van der Waals surface area contributed by atoms with Gasteiger partial charge in [-0.15, -0.1) is 0 Å². The van der Waals surface area contributed by atoms with Crippen LogP contribution in [0.3, 0.4) is 0 Å². The summed E-state index contributed by atoms with van der Waals surface area (Å²) in [7, 11) is 0. The first-order chi connectivity index (χ1) is 8.69. The maximum absolute atomic E-state index is 11.6. The van der Waals surface area contributed by atoms with Crippen molar-refractivity contribution in [3.05, 3.63) is 34.3 Å². The standard InChI is InChI=1S/C13H16BrNO4/c1-13(2,3)19-12(18)15-10(11(16)17)8-5-4-6-9(14)7-8/h4-7,10H,1-3H3,(H,15,18)(H,16,17)/t10-/m0/s1. The monoisotopic (exact) mass is 329 g/mol. The highest BCUT2D eigenvalue weighted by Crippen LogP contribution is 2.19. The minimum atomic E-state index is -1.15. The Bertz CT molecular complexity index is 482. The fraction of sp³-hybridized carbons (Fsp3) is 0.385. The zero-order valence-corrected chi connectivity index (χ0v) is 12.5. The van der Waals surface area contributed by atoms with E-state index < -0.39 is 23.7 Å². The van der Waals surface area contributed by atoms with Gasteiger partial charge in [0.25, 0.3) is 0 Å². The minimum Gasteiger partial charge on any atom is -0.479 e. The van der Waals surface area contributed by atoms with E-state index >= 15 is 0 Å². The predicted molar refractivity (Wildman–Crippen MR) is 73.9 cm³/mol. The summed E-state index contributed by atoms with van der Waals surface area (Å²) in [6, 6.07) is 5.59. The molecule has 1 amide bonds. The summed E-state index contributed by atoms with van der Waals surface area (Å²) in [4.78, 5) is 22.9. The zero-order chi connectivity index (χ0) is 14.6. The summed E-state index contributed by atoms with van der Waals surface area (Å²) in [5.74, 6) is -1.15. The Balaban J connectivity index is 2.85. The van der Waals surface area contributed by atoms with Crippen molar-refractivity contribution in [3.63, 3.8) is 0 Å². The average molecular weight is 330 g/mol. The van der Waals surface area contributed by atoms with Crippen molar-refractivity contribution in [1.82, 2.24) is 5.32 Å². The van der Waals surface area contributed by atoms with E-state index in [1.807, 2.05) is 0 Å². The molecule has 19 heavy (non-hydrogen) atoms. The van der Waals surface area contributed by atoms with Gasteiger partial charge >= 0.3 is 12.1 Å². The van der Waals surface area contributed by atoms with Gasteiger partial charge in [0.1, 0.15) is 5.60 Å². The van der Waals surface area contributed by atoms with Crippen molar-refractivity contribution < 1.29 is 19.4 Å². The van der Waals surface area contributed by atoms with Gasteiger partial charge in [0.15, 0.2) is 6.04 Å². The Hall–Kier alpha value is -1.56. The molecule has 0 fully saturated rings. The molecular formula is C13H16BrNO4. The van der Waals surface area contributed by atoms with E-state index in [0.29, 0.717) is 5.56 Å². The molecule has 1 atom stereocenters. The number of carbonyl (C=O) groups excluding carboxylic acids is 1. The van der Waals surface area contributed by atoms with Crippen LogP contribution < -0.4 is 5.32 Å². The third-order valence-electron chi connectivity index (χ3n) is 2.09. The third-order valence-corrected chi connectivity index (χ3v) is 2.58. The molecule has 0 unspecified atom stereocenters. The highest BCUT2D eigenvalue weighted by Gasteiger charge is 2.25. The van der Waals surface area contributed by atoms with E-state index in [4.69, 9.17) is 4.74 Å². The zero-order valence-electron chi connectivity index (χ0n) is 10.9. The molecule has 0 aliphatic carbocycles. The van der Waals surface area contributed by atoms with E-state index in [-0.39, 0.29) is 0 Å². The van der Waals surface area contributed by atoms with E-state index in [9.17, 15) is 14.7 Å². The molecule has 1 rings (SSSR count). The smallest absolute Gasteiger partial charge is 0.408 e. The molecule has 0 saturated carbocycles. The molecule has 1 aromatic carbocycles. The Morgan fingerprint density at radius 3 is 2.47 bits per heavy atom. The number of hydrogen-bond donors (Lipinski definition) is 2. The Morgan fingerprint density at radius 2 is 2.00 bits per heavy atom. The normalized spacial score (nSPS) is 12.6. The molecule has 0 bridgehead atoms. The number of rotatable bonds is 3. The predicted octanol–water partition coefficient (Wildman–Crippen LogP) is 3.10. The summed E-state index contributed by atoms with van der Waals surface area (Å²) in [5, 5.41) is 11.5. The number of nitrogens with one attached hydrogen (secondary N) is 1. The summed E-state index contributed by atoms with van der Waals surface area (Å²) in [5.41, 5.74) is -0.211. The lowest BCUT2D eigenvalue weighted by molar-refractivity contribution is -0.139. The SMILES string of the molecule is CC(C)(C)OC(=O)N[C@H](C(=O)O)c1cccc(Br)c1. The van der Waals surface area contributed by atoms with Crippen molar-refractivity contribution in [2.45, 2.75) is 32.4 Å². The first-order valence-corrected chi connectivity index (χ1v) is 6.46. The number of carbonyl (C=O) groups is 2. The first kappa shape index (κ1) is 15.5. The van der Waals surface area contributed by atoms with Crippen molar-refractivity contribution in [3.8, 4) is 0 Å². The lowest BCUT2D eigenvalue weighted by Crippen LogP contribution is -2.38. The number of carboxylic acid groups (broad SMARTS) is 1. The summed E-state index contributed by atoms with van der Waals surface area (Å²) in [6.45, 7) is 5.13. The maximum Gasteiger partial charge on any atom is 0.408 e. The second-order valence-corrected chi connectivity index (χ2v) is 5.89. The summed E-state index contributed by atoms with van der Waals surface area (Å²) >= 11 is 3.26. The molecule has 5 nitrogen and oxygen atoms in total. The van der Waals surface area contributed by atoms with Gasteiger partial charge in [-0.05, 0) is 38.5 Å². The summed E-state index contributed by atoms with van der Waals surface area (Å²) < 4.78 is 5.78. The molecule has 0 heterocycles. The van der Waals surface area contributed by atoms with Crippen LogP contribution in [0, 0.1) is 0 Å². The van der Waals surface area contributed by atoms with Gasteiger partial charge in [-0.2, -0.15) is 0 Å². The number of aliphatic carboxylic acids is 1. The van der Waals surface area contributed by atoms with E-state index in [1.54, 1.807) is 45.0 Å². The average Bonchev–Trinajstić information content (AvgIpc) is 2.23. The van der Waals surface area contributed by atoms with Crippen molar-refractivity contribution in [2.24, 2.45) is 0 Å². The van der Waals surface area contributed by atoms with Gasteiger partial charge < -0.3 is 15.2 Å². The lowest BCUT2D eigenvalue weighted by atomic mass is 10.1. The molecule has 6 heteroatoms. The largest absolute Gasteiger partial charge is 0.479 e. The Kier molecular flexibility index (Phi) is 4.94. The molecule has 0 spiro atoms. The molecule has 1 aromatic rings. The van der Waals surface area contributed by atoms with Gasteiger partial charge in [0, 0.05) is 4.47 Å². The van der Waals surface area contributed by atoms with Gasteiger partial charge in [-0.3, -0.25) is 0 Å². The van der Waals surface area contributed by atoms with Crippen LogP contribution in [0.5, 0.6) is 0 Å². The van der Waals surface area contributed by atoms with Crippen LogP contribution in [0.4, 0.5) is 4.79 Å². The van der Waals surface area contributed by atoms with Gasteiger partial charge in [0.05, 0.1) is 0 Å². The molecule has 104 valence electrons. The summed E-state index contributed by atoms with van der Waals surface area (Å²) in [6.07, 6.45) is -0.764. The number of ether oxygens (including phenoxy) is 1. The fourth-order valence-corrected chi connectivity index (χ4v) is 1.82. The van der Waals surface area contributed by atoms with Crippen molar-refractivity contribution in [2.75, 3.05) is 0 Å². The topological polar surface area (TPSA) is 75.6 Å². The number of amides is 1. The molecule has 0 aliphatic heterocycles. The van der Waals surface area contributed by atoms with E-state index in [2.05, 4.69) is 21.2 Å². The van der Waals surface area contributed by atoms with E-state index in [0.717, 1.165) is 4.47 Å². The molecule has 0 aliphatic rings. The second kappa shape index (κ2) is 6.06. The highest BCUT2D eigenvalue weighted by atomic mass is 79.9. The molecule has 0 saturated heterocycles. The lowest BCUT2D eigenvalue weighted by Gasteiger charge is -2.22. The Morgan fingerprint density at radius 1 is 1.37 bits per heavy atom. The molecular weight excluding hydrogens is 314 g/mol. The first-order valence-electron chi connectivity index (χ1n) is 5.67. The number of alkyl carbamates (subject to hydrolysis) is 1. The van der Waals surface area contributed by atoms with Crippen LogP contribution in [-0.4, -0.2) is 22.8 Å². The Labute approximate surface area is 120 Å². The molecule has 2 N–H and O–H groups in total. The quantitative estimate of drug-likeness (QED) is 0.893. The third kappa shape index (κ3) is 5.30. The maximum atomic E-state index is 11.6. The highest BCUT2D eigenvalue weighted by molar-refractivity contribution is 9.10. The van der Waals surface area contributed by atoms with Crippen LogP contribution in [-0.2, 0) is 9.53 Å². The number of hydrogen-bond acceptors (Lipinski definition) is 3. The van der Waals surface area contributed by atoms with Crippen LogP contribution in [0.1, 0.15) is 32.4 Å². The second-order valence-electron chi connectivity index (χ2n) is 4.97. The van der Waals surface area contributed by atoms with Crippen molar-refractivity contribution >= 4 is 28.0 Å². The van der Waals surface area contributed by atoms with Crippen LogP contribution in [0.25, 0.3) is 0 Å². The van der Waals surface area contributed by atoms with Gasteiger partial charge in [-0.1, -0.05) is 28.1 Å². The van der Waals surface area contributed by atoms with E-state index in [1.165, 1.54) is 0 Å². The van der Waals surface area contributed by atoms with Crippen LogP contribution in [0.15, 0.2) is 28.7 Å². The number of benzene rings is 1. The molecule has 0 aromatic heterocycles. The van der Waals surface area contributed by atoms with Crippen molar-refractivity contribution in [1.29, 1.82) is 0 Å².